The van der Waals surface area contributed by atoms with Crippen molar-refractivity contribution in [3.05, 3.63) is 35.6 Å². The average molecular weight is 271 g/mol. The molecule has 0 saturated heterocycles. The van der Waals surface area contributed by atoms with E-state index in [2.05, 4.69) is 50.4 Å². The van der Waals surface area contributed by atoms with Gasteiger partial charge in [0.2, 0.25) is 0 Å². The largest absolute Gasteiger partial charge is 0.461 e. The molecule has 2 nitrogen and oxygen atoms in total. The molecule has 1 aliphatic rings. The summed E-state index contributed by atoms with van der Waals surface area (Å²) in [7, 11) is 0. The fourth-order valence-electron chi connectivity index (χ4n) is 3.30. The van der Waals surface area contributed by atoms with E-state index in [4.69, 9.17) is 4.42 Å². The summed E-state index contributed by atoms with van der Waals surface area (Å²) in [6, 6.07) is 8.94. The Balaban J connectivity index is 2.04. The number of benzene rings is 1. The lowest BCUT2D eigenvalue weighted by Gasteiger charge is -2.19. The lowest BCUT2D eigenvalue weighted by atomic mass is 9.96. The maximum absolute atomic E-state index is 6.08. The Bertz CT molecular complexity index is 586. The van der Waals surface area contributed by atoms with Gasteiger partial charge in [-0.15, -0.1) is 0 Å². The van der Waals surface area contributed by atoms with Crippen LogP contribution in [0, 0.1) is 11.8 Å². The molecular weight excluding hydrogens is 246 g/mol. The van der Waals surface area contributed by atoms with Gasteiger partial charge < -0.3 is 9.73 Å². The van der Waals surface area contributed by atoms with E-state index in [0.29, 0.717) is 6.04 Å². The van der Waals surface area contributed by atoms with E-state index in [1.807, 2.05) is 0 Å². The predicted octanol–water partition coefficient (Wildman–Crippen LogP) is 4.69. The van der Waals surface area contributed by atoms with Crippen LogP contribution in [0.25, 0.3) is 11.0 Å². The van der Waals surface area contributed by atoms with Gasteiger partial charge in [0.1, 0.15) is 11.3 Å². The fraction of sp³-hybridized carbons (Fsp3) is 0.556. The Morgan fingerprint density at radius 3 is 2.70 bits per heavy atom. The highest BCUT2D eigenvalue weighted by Gasteiger charge is 2.41. The summed E-state index contributed by atoms with van der Waals surface area (Å²) in [6.07, 6.45) is 3.48. The minimum Gasteiger partial charge on any atom is -0.461 e. The van der Waals surface area contributed by atoms with Crippen LogP contribution in [-0.2, 0) is 6.42 Å². The molecule has 1 aliphatic carbocycles. The topological polar surface area (TPSA) is 25.2 Å². The molecule has 0 radical (unpaired) electrons. The van der Waals surface area contributed by atoms with Crippen molar-refractivity contribution in [1.82, 2.24) is 5.32 Å². The van der Waals surface area contributed by atoms with Crippen LogP contribution < -0.4 is 5.32 Å². The normalized spacial score (nSPS) is 23.1. The highest BCUT2D eigenvalue weighted by molar-refractivity contribution is 5.83. The van der Waals surface area contributed by atoms with Crippen LogP contribution in [0.2, 0.25) is 0 Å². The Kier molecular flexibility index (Phi) is 3.84. The Morgan fingerprint density at radius 1 is 1.30 bits per heavy atom. The van der Waals surface area contributed by atoms with Crippen LogP contribution in [-0.4, -0.2) is 6.54 Å². The SMILES string of the molecule is CCCNC(c1c(CC)oc2ccccc12)C1CC1C. The maximum atomic E-state index is 6.08. The van der Waals surface area contributed by atoms with Crippen molar-refractivity contribution in [2.45, 2.75) is 46.1 Å². The number of fused-ring (bicyclic) bond motifs is 1. The molecule has 2 heteroatoms. The summed E-state index contributed by atoms with van der Waals surface area (Å²) in [6.45, 7) is 7.86. The summed E-state index contributed by atoms with van der Waals surface area (Å²) in [5, 5.41) is 5.07. The molecule has 0 spiro atoms. The molecule has 20 heavy (non-hydrogen) atoms. The molecule has 2 aromatic rings. The van der Waals surface area contributed by atoms with Crippen LogP contribution in [0.4, 0.5) is 0 Å². The van der Waals surface area contributed by atoms with Gasteiger partial charge in [-0.25, -0.2) is 0 Å². The second kappa shape index (κ2) is 5.61. The predicted molar refractivity (Wildman–Crippen MR) is 83.9 cm³/mol. The molecule has 3 atom stereocenters. The van der Waals surface area contributed by atoms with E-state index in [1.165, 1.54) is 29.6 Å². The molecule has 1 N–H and O–H groups in total. The van der Waals surface area contributed by atoms with E-state index in [9.17, 15) is 0 Å². The number of rotatable bonds is 6. The number of hydrogen-bond acceptors (Lipinski definition) is 2. The first-order valence-corrected chi connectivity index (χ1v) is 7.99. The summed E-state index contributed by atoms with van der Waals surface area (Å²) in [4.78, 5) is 0. The van der Waals surface area contributed by atoms with Gasteiger partial charge in [-0.05, 0) is 37.3 Å². The second-order valence-corrected chi connectivity index (χ2v) is 6.10. The Morgan fingerprint density at radius 2 is 2.05 bits per heavy atom. The quantitative estimate of drug-likeness (QED) is 0.824. The van der Waals surface area contributed by atoms with Crippen LogP contribution >= 0.6 is 0 Å². The lowest BCUT2D eigenvalue weighted by molar-refractivity contribution is 0.448. The number of para-hydroxylation sites is 1. The van der Waals surface area contributed by atoms with E-state index in [1.54, 1.807) is 0 Å². The molecule has 1 aromatic carbocycles. The second-order valence-electron chi connectivity index (χ2n) is 6.10. The Labute approximate surface area is 121 Å². The summed E-state index contributed by atoms with van der Waals surface area (Å²) < 4.78 is 6.08. The van der Waals surface area contributed by atoms with Crippen molar-refractivity contribution in [3.8, 4) is 0 Å². The van der Waals surface area contributed by atoms with Crippen molar-refractivity contribution in [3.63, 3.8) is 0 Å². The first-order valence-electron chi connectivity index (χ1n) is 7.99. The van der Waals surface area contributed by atoms with Gasteiger partial charge in [0.05, 0.1) is 0 Å². The van der Waals surface area contributed by atoms with Crippen LogP contribution in [0.15, 0.2) is 28.7 Å². The molecule has 1 saturated carbocycles. The van der Waals surface area contributed by atoms with E-state index in [0.717, 1.165) is 30.4 Å². The van der Waals surface area contributed by atoms with Crippen LogP contribution in [0.5, 0.6) is 0 Å². The van der Waals surface area contributed by atoms with Crippen LogP contribution in [0.1, 0.15) is 51.0 Å². The van der Waals surface area contributed by atoms with Crippen molar-refractivity contribution < 1.29 is 4.42 Å². The molecule has 1 aromatic heterocycles. The zero-order valence-electron chi connectivity index (χ0n) is 12.8. The lowest BCUT2D eigenvalue weighted by Crippen LogP contribution is -2.25. The molecule has 108 valence electrons. The third-order valence-corrected chi connectivity index (χ3v) is 4.56. The van der Waals surface area contributed by atoms with E-state index in [-0.39, 0.29) is 0 Å². The van der Waals surface area contributed by atoms with Crippen molar-refractivity contribution in [2.24, 2.45) is 11.8 Å². The highest BCUT2D eigenvalue weighted by Crippen LogP contribution is 2.49. The van der Waals surface area contributed by atoms with E-state index < -0.39 is 0 Å². The van der Waals surface area contributed by atoms with Crippen molar-refractivity contribution >= 4 is 11.0 Å². The maximum Gasteiger partial charge on any atom is 0.134 e. The third kappa shape index (κ3) is 2.37. The van der Waals surface area contributed by atoms with Gasteiger partial charge in [0, 0.05) is 23.4 Å². The fourth-order valence-corrected chi connectivity index (χ4v) is 3.30. The van der Waals surface area contributed by atoms with Gasteiger partial charge in [0.25, 0.3) is 0 Å². The zero-order valence-corrected chi connectivity index (χ0v) is 12.8. The molecular formula is C18H25NO. The molecule has 1 heterocycles. The van der Waals surface area contributed by atoms with Crippen LogP contribution in [0.3, 0.4) is 0 Å². The van der Waals surface area contributed by atoms with Gasteiger partial charge >= 0.3 is 0 Å². The summed E-state index contributed by atoms with van der Waals surface area (Å²) in [5.74, 6) is 2.77. The monoisotopic (exact) mass is 271 g/mol. The van der Waals surface area contributed by atoms with Crippen molar-refractivity contribution in [1.29, 1.82) is 0 Å². The van der Waals surface area contributed by atoms with Gasteiger partial charge in [0.15, 0.2) is 0 Å². The van der Waals surface area contributed by atoms with Crippen molar-refractivity contribution in [2.75, 3.05) is 6.54 Å². The molecule has 1 fully saturated rings. The first-order chi connectivity index (χ1) is 9.76. The molecule has 0 bridgehead atoms. The number of furan rings is 1. The smallest absolute Gasteiger partial charge is 0.134 e. The van der Waals surface area contributed by atoms with E-state index >= 15 is 0 Å². The van der Waals surface area contributed by atoms with Gasteiger partial charge in [-0.3, -0.25) is 0 Å². The molecule has 3 unspecified atom stereocenters. The zero-order chi connectivity index (χ0) is 14.1. The Hall–Kier alpha value is -1.28. The molecule has 0 amide bonds. The number of aryl methyl sites for hydroxylation is 1. The number of nitrogens with one attached hydrogen (secondary N) is 1. The number of hydrogen-bond donors (Lipinski definition) is 1. The minimum absolute atomic E-state index is 0.462. The molecule has 0 aliphatic heterocycles. The summed E-state index contributed by atoms with van der Waals surface area (Å²) >= 11 is 0. The summed E-state index contributed by atoms with van der Waals surface area (Å²) in [5.41, 5.74) is 2.46. The van der Waals surface area contributed by atoms with Gasteiger partial charge in [-0.1, -0.05) is 39.0 Å². The average Bonchev–Trinajstić information content (AvgIpc) is 3.07. The third-order valence-electron chi connectivity index (χ3n) is 4.56. The molecule has 3 rings (SSSR count). The standard InChI is InChI=1S/C18H25NO/c1-4-10-19-18(14-11-12(14)3)17-13-8-6-7-9-16(13)20-15(17)5-2/h6-9,12,14,18-19H,4-5,10-11H2,1-3H3. The first kappa shape index (κ1) is 13.7. The minimum atomic E-state index is 0.462. The van der Waals surface area contributed by atoms with Gasteiger partial charge in [-0.2, -0.15) is 0 Å². The highest BCUT2D eigenvalue weighted by atomic mass is 16.3.